The predicted octanol–water partition coefficient (Wildman–Crippen LogP) is 3.27. The Kier molecular flexibility index (Phi) is 2.86. The maximum Gasteiger partial charge on any atom is 0.133 e. The average molecular weight is 277 g/mol. The highest BCUT2D eigenvalue weighted by Crippen LogP contribution is 2.34. The lowest BCUT2D eigenvalue weighted by Crippen LogP contribution is -2.21. The smallest absolute Gasteiger partial charge is 0.133 e. The highest BCUT2D eigenvalue weighted by Gasteiger charge is 2.32. The number of pyridine rings is 1. The lowest BCUT2D eigenvalue weighted by atomic mass is 10.1. The van der Waals surface area contributed by atoms with Gasteiger partial charge in [-0.2, -0.15) is 0 Å². The zero-order valence-corrected chi connectivity index (χ0v) is 11.4. The van der Waals surface area contributed by atoms with E-state index in [0.717, 1.165) is 34.2 Å². The van der Waals surface area contributed by atoms with Gasteiger partial charge in [0.25, 0.3) is 0 Å². The van der Waals surface area contributed by atoms with Crippen LogP contribution in [0.2, 0.25) is 0 Å². The van der Waals surface area contributed by atoms with Gasteiger partial charge >= 0.3 is 0 Å². The number of benzene rings is 2. The molecule has 0 bridgehead atoms. The first-order valence-corrected chi connectivity index (χ1v) is 7.08. The van der Waals surface area contributed by atoms with Gasteiger partial charge in [-0.1, -0.05) is 30.3 Å². The molecule has 1 N–H and O–H groups in total. The van der Waals surface area contributed by atoms with Crippen LogP contribution < -0.4 is 4.74 Å². The Morgan fingerprint density at radius 1 is 1.05 bits per heavy atom. The number of aliphatic hydroxyl groups excluding tert-OH is 1. The molecule has 1 aliphatic rings. The third-order valence-electron chi connectivity index (χ3n) is 4.01. The van der Waals surface area contributed by atoms with Crippen LogP contribution in [-0.2, 0) is 6.42 Å². The predicted molar refractivity (Wildman–Crippen MR) is 81.3 cm³/mol. The Balaban J connectivity index is 1.61. The molecule has 21 heavy (non-hydrogen) atoms. The van der Waals surface area contributed by atoms with E-state index in [1.165, 1.54) is 0 Å². The minimum absolute atomic E-state index is 0.233. The van der Waals surface area contributed by atoms with Crippen molar-refractivity contribution in [3.63, 3.8) is 0 Å². The second-order valence-corrected chi connectivity index (χ2v) is 5.36. The third kappa shape index (κ3) is 2.16. The summed E-state index contributed by atoms with van der Waals surface area (Å²) < 4.78 is 5.99. The summed E-state index contributed by atoms with van der Waals surface area (Å²) >= 11 is 0. The molecule has 2 atom stereocenters. The van der Waals surface area contributed by atoms with E-state index in [1.807, 2.05) is 54.6 Å². The Morgan fingerprint density at radius 2 is 1.95 bits per heavy atom. The molecule has 3 nitrogen and oxygen atoms in total. The topological polar surface area (TPSA) is 42.4 Å². The Morgan fingerprint density at radius 3 is 2.86 bits per heavy atom. The fourth-order valence-electron chi connectivity index (χ4n) is 2.94. The van der Waals surface area contributed by atoms with Crippen molar-refractivity contribution in [1.82, 2.24) is 4.98 Å². The van der Waals surface area contributed by atoms with Crippen LogP contribution in [0.15, 0.2) is 60.8 Å². The first-order chi connectivity index (χ1) is 10.3. The van der Waals surface area contributed by atoms with Crippen LogP contribution in [0.25, 0.3) is 10.9 Å². The fraction of sp³-hybridized carbons (Fsp3) is 0.167. The highest BCUT2D eigenvalue weighted by atomic mass is 16.5. The molecule has 1 aromatic heterocycles. The zero-order valence-electron chi connectivity index (χ0n) is 11.4. The second-order valence-electron chi connectivity index (χ2n) is 5.36. The molecule has 0 spiro atoms. The average Bonchev–Trinajstić information content (AvgIpc) is 2.84. The standard InChI is InChI=1S/C18H15NO2/c20-18-15-6-2-1-4-13(15)10-17(18)21-14-8-7-12-5-3-9-19-16(12)11-14/h1-9,11,17-18,20H,10H2. The van der Waals surface area contributed by atoms with Crippen molar-refractivity contribution in [3.05, 3.63) is 71.9 Å². The molecule has 0 amide bonds. The largest absolute Gasteiger partial charge is 0.487 e. The van der Waals surface area contributed by atoms with Crippen LogP contribution in [0, 0.1) is 0 Å². The minimum atomic E-state index is -0.569. The van der Waals surface area contributed by atoms with Gasteiger partial charge in [-0.3, -0.25) is 4.98 Å². The van der Waals surface area contributed by atoms with E-state index in [9.17, 15) is 5.11 Å². The molecule has 0 aliphatic heterocycles. The second kappa shape index (κ2) is 4.86. The molecular formula is C18H15NO2. The van der Waals surface area contributed by atoms with Gasteiger partial charge in [0.1, 0.15) is 18.0 Å². The monoisotopic (exact) mass is 277 g/mol. The van der Waals surface area contributed by atoms with Gasteiger partial charge in [0, 0.05) is 24.1 Å². The normalized spacial score (nSPS) is 20.4. The van der Waals surface area contributed by atoms with Gasteiger partial charge in [-0.25, -0.2) is 0 Å². The van der Waals surface area contributed by atoms with Crippen LogP contribution in [0.3, 0.4) is 0 Å². The summed E-state index contributed by atoms with van der Waals surface area (Å²) in [7, 11) is 0. The molecule has 1 aliphatic carbocycles. The van der Waals surface area contributed by atoms with Crippen molar-refractivity contribution in [2.45, 2.75) is 18.6 Å². The molecule has 4 rings (SSSR count). The summed E-state index contributed by atoms with van der Waals surface area (Å²) in [5.41, 5.74) is 3.04. The minimum Gasteiger partial charge on any atom is -0.487 e. The number of rotatable bonds is 2. The molecule has 0 saturated carbocycles. The zero-order chi connectivity index (χ0) is 14.2. The van der Waals surface area contributed by atoms with Gasteiger partial charge in [0.2, 0.25) is 0 Å². The van der Waals surface area contributed by atoms with E-state index in [0.29, 0.717) is 0 Å². The lowest BCUT2D eigenvalue weighted by Gasteiger charge is -2.17. The SMILES string of the molecule is OC1c2ccccc2CC1Oc1ccc2cccnc2c1. The molecule has 0 fully saturated rings. The van der Waals surface area contributed by atoms with Crippen LogP contribution in [0.5, 0.6) is 5.75 Å². The van der Waals surface area contributed by atoms with Crippen LogP contribution >= 0.6 is 0 Å². The first-order valence-electron chi connectivity index (χ1n) is 7.08. The summed E-state index contributed by atoms with van der Waals surface area (Å²) in [4.78, 5) is 4.33. The van der Waals surface area contributed by atoms with E-state index in [-0.39, 0.29) is 6.10 Å². The number of ether oxygens (including phenoxy) is 1. The highest BCUT2D eigenvalue weighted by molar-refractivity contribution is 5.79. The third-order valence-corrected chi connectivity index (χ3v) is 4.01. The van der Waals surface area contributed by atoms with Gasteiger partial charge in [0.15, 0.2) is 0 Å². The summed E-state index contributed by atoms with van der Waals surface area (Å²) in [5.74, 6) is 0.748. The van der Waals surface area contributed by atoms with E-state index < -0.39 is 6.10 Å². The van der Waals surface area contributed by atoms with Gasteiger partial charge < -0.3 is 9.84 Å². The number of hydrogen-bond donors (Lipinski definition) is 1. The molecule has 2 aromatic carbocycles. The first kappa shape index (κ1) is 12.4. The van der Waals surface area contributed by atoms with Crippen molar-refractivity contribution >= 4 is 10.9 Å². The molecule has 1 heterocycles. The summed E-state index contributed by atoms with van der Waals surface area (Å²) in [6.45, 7) is 0. The maximum atomic E-state index is 10.4. The Labute approximate surface area is 122 Å². The van der Waals surface area contributed by atoms with Crippen LogP contribution in [0.4, 0.5) is 0 Å². The Bertz CT molecular complexity index is 800. The molecule has 3 aromatic rings. The van der Waals surface area contributed by atoms with E-state index in [2.05, 4.69) is 4.98 Å². The quantitative estimate of drug-likeness (QED) is 0.781. The molecule has 104 valence electrons. The van der Waals surface area contributed by atoms with E-state index in [4.69, 9.17) is 4.74 Å². The maximum absolute atomic E-state index is 10.4. The lowest BCUT2D eigenvalue weighted by molar-refractivity contribution is 0.0494. The molecule has 0 radical (unpaired) electrons. The van der Waals surface area contributed by atoms with Crippen molar-refractivity contribution in [2.75, 3.05) is 0 Å². The summed E-state index contributed by atoms with van der Waals surface area (Å²) in [6.07, 6.45) is 1.70. The van der Waals surface area contributed by atoms with Crippen molar-refractivity contribution in [2.24, 2.45) is 0 Å². The number of nitrogens with zero attached hydrogens (tertiary/aromatic N) is 1. The van der Waals surface area contributed by atoms with Crippen molar-refractivity contribution < 1.29 is 9.84 Å². The van der Waals surface area contributed by atoms with E-state index in [1.54, 1.807) is 6.20 Å². The molecule has 0 saturated heterocycles. The number of fused-ring (bicyclic) bond motifs is 2. The number of hydrogen-bond acceptors (Lipinski definition) is 3. The van der Waals surface area contributed by atoms with E-state index >= 15 is 0 Å². The van der Waals surface area contributed by atoms with Gasteiger partial charge in [-0.05, 0) is 29.3 Å². The molecule has 3 heteroatoms. The molecule has 2 unspecified atom stereocenters. The number of aliphatic hydroxyl groups is 1. The van der Waals surface area contributed by atoms with Crippen molar-refractivity contribution in [1.29, 1.82) is 0 Å². The summed E-state index contributed by atoms with van der Waals surface area (Å²) in [6, 6.07) is 17.7. The summed E-state index contributed by atoms with van der Waals surface area (Å²) in [5, 5.41) is 11.5. The number of aromatic nitrogens is 1. The van der Waals surface area contributed by atoms with Crippen LogP contribution in [0.1, 0.15) is 17.2 Å². The van der Waals surface area contributed by atoms with Gasteiger partial charge in [0.05, 0.1) is 5.52 Å². The fourth-order valence-corrected chi connectivity index (χ4v) is 2.94. The van der Waals surface area contributed by atoms with Gasteiger partial charge in [-0.15, -0.1) is 0 Å². The molecular weight excluding hydrogens is 262 g/mol. The van der Waals surface area contributed by atoms with Crippen molar-refractivity contribution in [3.8, 4) is 5.75 Å². The Hall–Kier alpha value is -2.39. The van der Waals surface area contributed by atoms with Crippen LogP contribution in [-0.4, -0.2) is 16.2 Å².